The van der Waals surface area contributed by atoms with Crippen LogP contribution >= 0.6 is 11.8 Å². The zero-order valence-electron chi connectivity index (χ0n) is 11.5. The number of nitrogens with zero attached hydrogens (tertiary/aromatic N) is 1. The highest BCUT2D eigenvalue weighted by Gasteiger charge is 2.48. The highest BCUT2D eigenvalue weighted by atomic mass is 32.2. The minimum atomic E-state index is -0.446. The van der Waals surface area contributed by atoms with Gasteiger partial charge in [-0.1, -0.05) is 30.3 Å². The predicted molar refractivity (Wildman–Crippen MR) is 84.2 cm³/mol. The summed E-state index contributed by atoms with van der Waals surface area (Å²) >= 11 is 1.77. The van der Waals surface area contributed by atoms with Crippen molar-refractivity contribution in [2.75, 3.05) is 11.9 Å². The van der Waals surface area contributed by atoms with E-state index in [1.165, 1.54) is 16.2 Å². The third-order valence-corrected chi connectivity index (χ3v) is 5.48. The first-order valence-electron chi connectivity index (χ1n) is 6.69. The van der Waals surface area contributed by atoms with Crippen molar-refractivity contribution in [2.45, 2.75) is 16.9 Å². The molecule has 1 atom stereocenters. The largest absolute Gasteiger partial charge is 0.454 e. The number of ether oxygens (including phenoxy) is 1. The monoisotopic (exact) mass is 281 g/mol. The Labute approximate surface area is 123 Å². The molecule has 0 N–H and O–H groups in total. The molecule has 0 saturated heterocycles. The second kappa shape index (κ2) is 4.06. The molecular weight excluding hydrogens is 266 g/mol. The van der Waals surface area contributed by atoms with Gasteiger partial charge in [-0.3, -0.25) is 0 Å². The van der Waals surface area contributed by atoms with Gasteiger partial charge in [-0.15, -0.1) is 0 Å². The number of likely N-dealkylation sites (N-methyl/N-ethyl adjacent to an activating group) is 1. The lowest BCUT2D eigenvalue weighted by molar-refractivity contribution is 0.202. The molecule has 2 aromatic rings. The van der Waals surface area contributed by atoms with Crippen LogP contribution in [0.3, 0.4) is 0 Å². The first-order valence-corrected chi connectivity index (χ1v) is 7.51. The van der Waals surface area contributed by atoms with Crippen LogP contribution in [0.25, 0.3) is 6.08 Å². The summed E-state index contributed by atoms with van der Waals surface area (Å²) in [7, 11) is 2.10. The average molecular weight is 281 g/mol. The van der Waals surface area contributed by atoms with Gasteiger partial charge in [0, 0.05) is 23.1 Å². The Bertz CT molecular complexity index is 724. The molecular formula is C17H15NOS. The molecule has 0 saturated carbocycles. The normalized spacial score (nSPS) is 23.1. The van der Waals surface area contributed by atoms with Crippen molar-refractivity contribution < 1.29 is 4.74 Å². The van der Waals surface area contributed by atoms with Crippen molar-refractivity contribution in [1.29, 1.82) is 0 Å². The van der Waals surface area contributed by atoms with Crippen molar-refractivity contribution >= 4 is 23.5 Å². The van der Waals surface area contributed by atoms with Crippen molar-refractivity contribution in [2.24, 2.45) is 0 Å². The van der Waals surface area contributed by atoms with E-state index < -0.39 is 5.06 Å². The van der Waals surface area contributed by atoms with E-state index in [2.05, 4.69) is 55.3 Å². The maximum atomic E-state index is 6.41. The molecule has 4 rings (SSSR count). The Balaban J connectivity index is 1.86. The number of benzene rings is 2. The molecule has 1 spiro atoms. The molecule has 2 nitrogen and oxygen atoms in total. The third-order valence-electron chi connectivity index (χ3n) is 3.95. The van der Waals surface area contributed by atoms with Crippen LogP contribution < -0.4 is 9.64 Å². The first-order chi connectivity index (χ1) is 9.71. The lowest BCUT2D eigenvalue weighted by atomic mass is 10.1. The van der Waals surface area contributed by atoms with E-state index in [0.717, 1.165) is 11.3 Å². The minimum Gasteiger partial charge on any atom is -0.454 e. The molecule has 0 amide bonds. The molecule has 0 aromatic heterocycles. The number of hydrogen-bond acceptors (Lipinski definition) is 3. The lowest BCUT2D eigenvalue weighted by Gasteiger charge is -2.40. The summed E-state index contributed by atoms with van der Waals surface area (Å²) in [5.74, 6) is 0.949. The number of thioether (sulfide) groups is 1. The van der Waals surface area contributed by atoms with Crippen LogP contribution in [-0.4, -0.2) is 12.1 Å². The van der Waals surface area contributed by atoms with Gasteiger partial charge in [-0.05, 0) is 43.0 Å². The van der Waals surface area contributed by atoms with E-state index >= 15 is 0 Å². The summed E-state index contributed by atoms with van der Waals surface area (Å²) in [6.45, 7) is 2.14. The number of anilines is 1. The Morgan fingerprint density at radius 2 is 1.80 bits per heavy atom. The summed E-state index contributed by atoms with van der Waals surface area (Å²) in [6.07, 6.45) is 2.23. The summed E-state index contributed by atoms with van der Waals surface area (Å²) < 4.78 is 6.41. The van der Waals surface area contributed by atoms with Crippen LogP contribution in [0, 0.1) is 0 Å². The fourth-order valence-electron chi connectivity index (χ4n) is 2.88. The number of fused-ring (bicyclic) bond motifs is 2. The van der Waals surface area contributed by atoms with Crippen LogP contribution in [0.15, 0.2) is 59.0 Å². The van der Waals surface area contributed by atoms with Crippen molar-refractivity contribution in [3.05, 3.63) is 59.7 Å². The molecule has 2 aromatic carbocycles. The second-order valence-corrected chi connectivity index (χ2v) is 6.38. The van der Waals surface area contributed by atoms with Crippen LogP contribution in [0.5, 0.6) is 5.75 Å². The highest BCUT2D eigenvalue weighted by molar-refractivity contribution is 8.01. The number of para-hydroxylation sites is 2. The molecule has 0 fully saturated rings. The Morgan fingerprint density at radius 3 is 2.65 bits per heavy atom. The van der Waals surface area contributed by atoms with Crippen molar-refractivity contribution in [3.8, 4) is 5.75 Å². The topological polar surface area (TPSA) is 12.5 Å². The Kier molecular flexibility index (Phi) is 2.42. The van der Waals surface area contributed by atoms with E-state index in [1.807, 2.05) is 18.2 Å². The minimum absolute atomic E-state index is 0.446. The second-order valence-electron chi connectivity index (χ2n) is 5.18. The Morgan fingerprint density at radius 1 is 1.05 bits per heavy atom. The third kappa shape index (κ3) is 1.47. The van der Waals surface area contributed by atoms with E-state index in [1.54, 1.807) is 11.8 Å². The van der Waals surface area contributed by atoms with Crippen LogP contribution in [0.1, 0.15) is 12.5 Å². The van der Waals surface area contributed by atoms with E-state index in [-0.39, 0.29) is 0 Å². The zero-order valence-corrected chi connectivity index (χ0v) is 12.3. The van der Waals surface area contributed by atoms with Gasteiger partial charge in [0.05, 0.1) is 5.69 Å². The Hall–Kier alpha value is -1.87. The number of rotatable bonds is 0. The fraction of sp³-hybridized carbons (Fsp3) is 0.176. The smallest absolute Gasteiger partial charge is 0.258 e. The maximum Gasteiger partial charge on any atom is 0.258 e. The van der Waals surface area contributed by atoms with E-state index in [0.29, 0.717) is 0 Å². The molecule has 2 heterocycles. The summed E-state index contributed by atoms with van der Waals surface area (Å²) in [4.78, 5) is 3.50. The zero-order chi connectivity index (χ0) is 13.7. The van der Waals surface area contributed by atoms with Gasteiger partial charge in [0.15, 0.2) is 0 Å². The van der Waals surface area contributed by atoms with Crippen LogP contribution in [0.2, 0.25) is 0 Å². The van der Waals surface area contributed by atoms with E-state index in [9.17, 15) is 0 Å². The molecule has 0 bridgehead atoms. The van der Waals surface area contributed by atoms with Gasteiger partial charge < -0.3 is 9.64 Å². The molecule has 2 aliphatic heterocycles. The highest BCUT2D eigenvalue weighted by Crippen LogP contribution is 2.55. The summed E-state index contributed by atoms with van der Waals surface area (Å²) in [6, 6.07) is 16.7. The number of hydrogen-bond donors (Lipinski definition) is 0. The van der Waals surface area contributed by atoms with Crippen LogP contribution in [-0.2, 0) is 0 Å². The summed E-state index contributed by atoms with van der Waals surface area (Å²) in [5.41, 5.74) is 3.60. The van der Waals surface area contributed by atoms with Crippen molar-refractivity contribution in [1.82, 2.24) is 0 Å². The summed E-state index contributed by atoms with van der Waals surface area (Å²) in [5, 5.41) is -0.446. The first kappa shape index (κ1) is 11.9. The van der Waals surface area contributed by atoms with Gasteiger partial charge in [-0.25, -0.2) is 0 Å². The fourth-order valence-corrected chi connectivity index (χ4v) is 4.22. The molecule has 0 radical (unpaired) electrons. The van der Waals surface area contributed by atoms with E-state index in [4.69, 9.17) is 4.74 Å². The molecule has 3 heteroatoms. The SMILES string of the molecule is CC1=Cc2ccccc2O[C@]12Sc1ccccc1N2C. The van der Waals surface area contributed by atoms with Crippen molar-refractivity contribution in [3.63, 3.8) is 0 Å². The van der Waals surface area contributed by atoms with Gasteiger partial charge >= 0.3 is 0 Å². The van der Waals surface area contributed by atoms with Gasteiger partial charge in [0.25, 0.3) is 5.06 Å². The molecule has 20 heavy (non-hydrogen) atoms. The average Bonchev–Trinajstić information content (AvgIpc) is 2.75. The maximum absolute atomic E-state index is 6.41. The molecule has 0 unspecified atom stereocenters. The lowest BCUT2D eigenvalue weighted by Crippen LogP contribution is -2.48. The molecule has 100 valence electrons. The molecule has 0 aliphatic carbocycles. The van der Waals surface area contributed by atoms with Gasteiger partial charge in [0.2, 0.25) is 0 Å². The molecule has 2 aliphatic rings. The van der Waals surface area contributed by atoms with Crippen LogP contribution in [0.4, 0.5) is 5.69 Å². The van der Waals surface area contributed by atoms with Gasteiger partial charge in [-0.2, -0.15) is 0 Å². The van der Waals surface area contributed by atoms with Gasteiger partial charge in [0.1, 0.15) is 5.75 Å². The quantitative estimate of drug-likeness (QED) is 0.711. The standard InChI is InChI=1S/C17H15NOS/c1-12-11-13-7-3-5-9-15(13)19-17(12)18(2)14-8-4-6-10-16(14)20-17/h3-11H,1-2H3/t17-/m0/s1. The predicted octanol–water partition coefficient (Wildman–Crippen LogP) is 4.38.